The first-order valence-electron chi connectivity index (χ1n) is 8.77. The van der Waals surface area contributed by atoms with Gasteiger partial charge in [0.05, 0.1) is 16.8 Å². The number of thiazole rings is 1. The Kier molecular flexibility index (Phi) is 5.18. The van der Waals surface area contributed by atoms with Crippen LogP contribution in [0, 0.1) is 6.92 Å². The molecule has 0 aliphatic carbocycles. The van der Waals surface area contributed by atoms with Crippen molar-refractivity contribution in [2.45, 2.75) is 11.8 Å². The molecule has 0 aliphatic rings. The molecule has 4 aromatic rings. The van der Waals surface area contributed by atoms with Crippen molar-refractivity contribution in [3.8, 4) is 22.7 Å². The third-order valence-corrected chi connectivity index (χ3v) is 6.12. The van der Waals surface area contributed by atoms with E-state index in [2.05, 4.69) is 20.4 Å². The van der Waals surface area contributed by atoms with E-state index in [1.165, 1.54) is 29.7 Å². The number of carbonyl (C=O) groups is 1. The fraction of sp³-hybridized carbons (Fsp3) is 0.100. The molecule has 4 rings (SSSR count). The van der Waals surface area contributed by atoms with Crippen molar-refractivity contribution >= 4 is 32.2 Å². The Bertz CT molecular complexity index is 1320. The Morgan fingerprint density at radius 1 is 1.07 bits per heavy atom. The zero-order chi connectivity index (χ0) is 21.3. The number of nitrogens with zero attached hydrogens (tertiary/aromatic N) is 3. The van der Waals surface area contributed by atoms with E-state index < -0.39 is 15.7 Å². The molecule has 0 unspecified atom stereocenters. The number of anilines is 1. The smallest absolute Gasteiger partial charge is 0.263 e. The molecule has 0 spiro atoms. The van der Waals surface area contributed by atoms with Crippen LogP contribution in [0.3, 0.4) is 0 Å². The number of hydrogen-bond acceptors (Lipinski definition) is 8. The Morgan fingerprint density at radius 2 is 1.83 bits per heavy atom. The van der Waals surface area contributed by atoms with Crippen LogP contribution in [0.4, 0.5) is 5.13 Å². The van der Waals surface area contributed by atoms with Gasteiger partial charge < -0.3 is 4.52 Å². The number of pyridine rings is 1. The number of amides is 1. The monoisotopic (exact) mass is 440 g/mol. The standard InChI is InChI=1S/C20H16N4O4S2/c1-12-4-3-5-16(22-12)17-11-29-20(23-17)24-19(25)15-10-21-28-18(15)13-6-8-14(9-7-13)30(2,26)27/h3-11H,1-2H3,(H,23,24,25). The number of aromatic nitrogens is 3. The molecule has 3 aromatic heterocycles. The molecule has 0 atom stereocenters. The van der Waals surface area contributed by atoms with Crippen LogP contribution in [0.2, 0.25) is 0 Å². The second kappa shape index (κ2) is 7.81. The fourth-order valence-corrected chi connectivity index (χ4v) is 4.09. The van der Waals surface area contributed by atoms with Gasteiger partial charge in [-0.2, -0.15) is 0 Å². The van der Waals surface area contributed by atoms with Gasteiger partial charge in [-0.25, -0.2) is 13.4 Å². The van der Waals surface area contributed by atoms with E-state index in [0.29, 0.717) is 16.4 Å². The van der Waals surface area contributed by atoms with Crippen LogP contribution in [-0.4, -0.2) is 35.7 Å². The van der Waals surface area contributed by atoms with Crippen molar-refractivity contribution in [3.63, 3.8) is 0 Å². The first-order valence-corrected chi connectivity index (χ1v) is 11.5. The highest BCUT2D eigenvalue weighted by atomic mass is 32.2. The number of nitrogens with one attached hydrogen (secondary N) is 1. The highest BCUT2D eigenvalue weighted by Crippen LogP contribution is 2.28. The van der Waals surface area contributed by atoms with Crippen LogP contribution in [0.1, 0.15) is 16.1 Å². The molecule has 0 saturated carbocycles. The van der Waals surface area contributed by atoms with Crippen LogP contribution >= 0.6 is 11.3 Å². The normalized spacial score (nSPS) is 11.4. The molecule has 1 amide bonds. The molecule has 30 heavy (non-hydrogen) atoms. The van der Waals surface area contributed by atoms with E-state index in [1.807, 2.05) is 30.5 Å². The number of rotatable bonds is 5. The highest BCUT2D eigenvalue weighted by molar-refractivity contribution is 7.90. The average molecular weight is 441 g/mol. The van der Waals surface area contributed by atoms with E-state index in [9.17, 15) is 13.2 Å². The Morgan fingerprint density at radius 3 is 2.53 bits per heavy atom. The average Bonchev–Trinajstić information content (AvgIpc) is 3.37. The zero-order valence-corrected chi connectivity index (χ0v) is 17.6. The first kappa shape index (κ1) is 19.9. The molecular formula is C20H16N4O4S2. The maximum atomic E-state index is 12.7. The molecule has 1 N–H and O–H groups in total. The molecule has 0 bridgehead atoms. The lowest BCUT2D eigenvalue weighted by molar-refractivity contribution is 0.102. The van der Waals surface area contributed by atoms with E-state index in [-0.39, 0.29) is 16.2 Å². The molecule has 0 saturated heterocycles. The van der Waals surface area contributed by atoms with Gasteiger partial charge in [0.2, 0.25) is 0 Å². The van der Waals surface area contributed by atoms with Crippen molar-refractivity contribution < 1.29 is 17.7 Å². The summed E-state index contributed by atoms with van der Waals surface area (Å²) in [4.78, 5) is 21.8. The Labute approximate surface area is 176 Å². The Hall–Kier alpha value is -3.37. The summed E-state index contributed by atoms with van der Waals surface area (Å²) in [6, 6.07) is 11.7. The van der Waals surface area contributed by atoms with Gasteiger partial charge in [0.25, 0.3) is 5.91 Å². The van der Waals surface area contributed by atoms with Crippen molar-refractivity contribution in [1.29, 1.82) is 0 Å². The van der Waals surface area contributed by atoms with Crippen LogP contribution in [-0.2, 0) is 9.84 Å². The largest absolute Gasteiger partial charge is 0.355 e. The number of sulfone groups is 1. The van der Waals surface area contributed by atoms with Crippen molar-refractivity contribution in [2.24, 2.45) is 0 Å². The summed E-state index contributed by atoms with van der Waals surface area (Å²) < 4.78 is 28.5. The van der Waals surface area contributed by atoms with Gasteiger partial charge >= 0.3 is 0 Å². The van der Waals surface area contributed by atoms with Gasteiger partial charge in [0.1, 0.15) is 11.3 Å². The second-order valence-electron chi connectivity index (χ2n) is 6.52. The number of aryl methyl sites for hydroxylation is 1. The minimum Gasteiger partial charge on any atom is -0.355 e. The molecule has 8 nitrogen and oxygen atoms in total. The quantitative estimate of drug-likeness (QED) is 0.501. The third kappa shape index (κ3) is 4.14. The van der Waals surface area contributed by atoms with E-state index >= 15 is 0 Å². The zero-order valence-electron chi connectivity index (χ0n) is 16.0. The van der Waals surface area contributed by atoms with Crippen LogP contribution in [0.15, 0.2) is 63.5 Å². The second-order valence-corrected chi connectivity index (χ2v) is 9.40. The van der Waals surface area contributed by atoms with E-state index in [0.717, 1.165) is 17.6 Å². The van der Waals surface area contributed by atoms with E-state index in [1.54, 1.807) is 12.1 Å². The van der Waals surface area contributed by atoms with Crippen LogP contribution < -0.4 is 5.32 Å². The summed E-state index contributed by atoms with van der Waals surface area (Å²) >= 11 is 1.28. The lowest BCUT2D eigenvalue weighted by Crippen LogP contribution is -2.11. The van der Waals surface area contributed by atoms with Gasteiger partial charge in [0, 0.05) is 22.9 Å². The lowest BCUT2D eigenvalue weighted by Gasteiger charge is -2.03. The Balaban J connectivity index is 1.55. The topological polar surface area (TPSA) is 115 Å². The van der Waals surface area contributed by atoms with Gasteiger partial charge in [-0.05, 0) is 43.3 Å². The minimum atomic E-state index is -3.32. The molecule has 0 fully saturated rings. The fourth-order valence-electron chi connectivity index (χ4n) is 2.76. The summed E-state index contributed by atoms with van der Waals surface area (Å²) in [5.41, 5.74) is 3.02. The van der Waals surface area contributed by atoms with Gasteiger partial charge in [-0.15, -0.1) is 11.3 Å². The van der Waals surface area contributed by atoms with Crippen molar-refractivity contribution in [1.82, 2.24) is 15.1 Å². The SMILES string of the molecule is Cc1cccc(-c2csc(NC(=O)c3cnoc3-c3ccc(S(C)(=O)=O)cc3)n2)n1. The van der Waals surface area contributed by atoms with Crippen molar-refractivity contribution in [3.05, 3.63) is 65.3 Å². The lowest BCUT2D eigenvalue weighted by atomic mass is 10.1. The van der Waals surface area contributed by atoms with Gasteiger partial charge in [0.15, 0.2) is 20.7 Å². The van der Waals surface area contributed by atoms with Gasteiger partial charge in [-0.3, -0.25) is 15.1 Å². The molecule has 3 heterocycles. The summed E-state index contributed by atoms with van der Waals surface area (Å²) in [5.74, 6) is -0.193. The summed E-state index contributed by atoms with van der Waals surface area (Å²) in [5, 5.41) is 8.68. The maximum absolute atomic E-state index is 12.7. The molecule has 152 valence electrons. The number of hydrogen-bond donors (Lipinski definition) is 1. The summed E-state index contributed by atoms with van der Waals surface area (Å²) in [6.07, 6.45) is 2.44. The molecule has 0 radical (unpaired) electrons. The van der Waals surface area contributed by atoms with Crippen LogP contribution in [0.25, 0.3) is 22.7 Å². The maximum Gasteiger partial charge on any atom is 0.263 e. The van der Waals surface area contributed by atoms with Crippen LogP contribution in [0.5, 0.6) is 0 Å². The van der Waals surface area contributed by atoms with Crippen molar-refractivity contribution in [2.75, 3.05) is 11.6 Å². The van der Waals surface area contributed by atoms with Gasteiger partial charge in [-0.1, -0.05) is 11.2 Å². The summed E-state index contributed by atoms with van der Waals surface area (Å²) in [7, 11) is -3.32. The molecule has 0 aliphatic heterocycles. The minimum absolute atomic E-state index is 0.178. The molecule has 10 heteroatoms. The first-order chi connectivity index (χ1) is 14.3. The predicted molar refractivity (Wildman–Crippen MR) is 113 cm³/mol. The predicted octanol–water partition coefficient (Wildman–Crippen LogP) is 3.82. The third-order valence-electron chi connectivity index (χ3n) is 4.24. The number of benzene rings is 1. The highest BCUT2D eigenvalue weighted by Gasteiger charge is 2.20. The number of carbonyl (C=O) groups excluding carboxylic acids is 1. The van der Waals surface area contributed by atoms with E-state index in [4.69, 9.17) is 4.52 Å². The molecular weight excluding hydrogens is 424 g/mol. The molecule has 1 aromatic carbocycles. The summed E-state index contributed by atoms with van der Waals surface area (Å²) in [6.45, 7) is 1.90.